The number of fused-ring (bicyclic) bond motifs is 1. The van der Waals surface area contributed by atoms with Gasteiger partial charge >= 0.3 is 0 Å². The quantitative estimate of drug-likeness (QED) is 0.466. The molecule has 2 bridgehead atoms. The lowest BCUT2D eigenvalue weighted by molar-refractivity contribution is -0.142. The van der Waals surface area contributed by atoms with Crippen LogP contribution in [0.5, 0.6) is 0 Å². The van der Waals surface area contributed by atoms with E-state index in [1.54, 1.807) is 16.7 Å². The molecule has 202 valence electrons. The average molecular weight is 536 g/mol. The van der Waals surface area contributed by atoms with Crippen LogP contribution < -0.4 is 10.6 Å². The van der Waals surface area contributed by atoms with Crippen LogP contribution in [0, 0.1) is 31.6 Å². The highest BCUT2D eigenvalue weighted by Crippen LogP contribution is 2.67. The normalized spacial score (nSPS) is 29.2. The fraction of sp³-hybridized carbons (Fsp3) is 0.500. The van der Waals surface area contributed by atoms with Crippen LogP contribution in [0.2, 0.25) is 0 Å². The number of aliphatic hydroxyl groups is 1. The molecule has 0 aliphatic carbocycles. The maximum atomic E-state index is 14.3. The van der Waals surface area contributed by atoms with Crippen LogP contribution in [0.1, 0.15) is 44.2 Å². The van der Waals surface area contributed by atoms with Gasteiger partial charge < -0.3 is 20.6 Å². The maximum absolute atomic E-state index is 14.3. The second-order valence-corrected chi connectivity index (χ2v) is 12.7. The molecule has 2 unspecified atom stereocenters. The van der Waals surface area contributed by atoms with Crippen molar-refractivity contribution in [3.8, 4) is 0 Å². The molecular weight excluding hydrogens is 498 g/mol. The van der Waals surface area contributed by atoms with Crippen molar-refractivity contribution in [2.75, 3.05) is 17.2 Å². The van der Waals surface area contributed by atoms with Gasteiger partial charge in [0.1, 0.15) is 6.04 Å². The maximum Gasteiger partial charge on any atom is 0.248 e. The number of carbonyl (C=O) groups excluding carboxylic acids is 3. The number of anilines is 2. The molecule has 3 aliphatic rings. The highest BCUT2D eigenvalue weighted by molar-refractivity contribution is 8.02. The summed E-state index contributed by atoms with van der Waals surface area (Å²) in [6.45, 7) is 7.72. The van der Waals surface area contributed by atoms with Crippen molar-refractivity contribution in [2.24, 2.45) is 17.8 Å². The third-order valence-corrected chi connectivity index (χ3v) is 10.8. The zero-order valence-corrected chi connectivity index (χ0v) is 23.3. The van der Waals surface area contributed by atoms with Gasteiger partial charge in [-0.3, -0.25) is 14.4 Å². The number of thioether (sulfide) groups is 1. The van der Waals surface area contributed by atoms with E-state index in [1.165, 1.54) is 0 Å². The Labute approximate surface area is 228 Å². The van der Waals surface area contributed by atoms with Crippen LogP contribution in [-0.2, 0) is 14.4 Å². The van der Waals surface area contributed by atoms with Gasteiger partial charge in [0.25, 0.3) is 0 Å². The molecule has 3 aliphatic heterocycles. The summed E-state index contributed by atoms with van der Waals surface area (Å²) in [6, 6.07) is 13.9. The fourth-order valence-electron chi connectivity index (χ4n) is 6.68. The Balaban J connectivity index is 1.54. The van der Waals surface area contributed by atoms with Crippen LogP contribution in [0.4, 0.5) is 11.4 Å². The first-order chi connectivity index (χ1) is 18.2. The van der Waals surface area contributed by atoms with Crippen LogP contribution >= 0.6 is 11.8 Å². The molecule has 0 radical (unpaired) electrons. The molecule has 2 aromatic rings. The number of likely N-dealkylation sites (tertiary alicyclic amines) is 1. The molecule has 5 rings (SSSR count). The van der Waals surface area contributed by atoms with Crippen LogP contribution in [0.3, 0.4) is 0 Å². The van der Waals surface area contributed by atoms with Gasteiger partial charge in [-0.25, -0.2) is 0 Å². The van der Waals surface area contributed by atoms with E-state index in [4.69, 9.17) is 0 Å². The minimum absolute atomic E-state index is 0.00558. The highest BCUT2D eigenvalue weighted by atomic mass is 32.2. The summed E-state index contributed by atoms with van der Waals surface area (Å²) in [5, 5.41) is 16.6. The second kappa shape index (κ2) is 10.4. The topological polar surface area (TPSA) is 98.7 Å². The smallest absolute Gasteiger partial charge is 0.248 e. The summed E-state index contributed by atoms with van der Waals surface area (Å²) in [5.74, 6) is -1.75. The van der Waals surface area contributed by atoms with E-state index >= 15 is 0 Å². The third kappa shape index (κ3) is 4.31. The van der Waals surface area contributed by atoms with Gasteiger partial charge in [0.2, 0.25) is 17.7 Å². The zero-order chi connectivity index (χ0) is 27.2. The van der Waals surface area contributed by atoms with Crippen molar-refractivity contribution in [3.05, 3.63) is 59.7 Å². The molecule has 7 nitrogen and oxygen atoms in total. The Hall–Kier alpha value is -2.84. The van der Waals surface area contributed by atoms with Crippen LogP contribution in [0.25, 0.3) is 0 Å². The Morgan fingerprint density at radius 1 is 1.13 bits per heavy atom. The minimum Gasteiger partial charge on any atom is -0.394 e. The van der Waals surface area contributed by atoms with Crippen molar-refractivity contribution in [3.63, 3.8) is 0 Å². The van der Waals surface area contributed by atoms with E-state index in [0.29, 0.717) is 12.1 Å². The molecular formula is C30H37N3O4S. The molecule has 3 fully saturated rings. The summed E-state index contributed by atoms with van der Waals surface area (Å²) in [4.78, 5) is 43.7. The summed E-state index contributed by atoms with van der Waals surface area (Å²) in [7, 11) is 0. The van der Waals surface area contributed by atoms with Gasteiger partial charge in [0, 0.05) is 16.6 Å². The Morgan fingerprint density at radius 3 is 2.55 bits per heavy atom. The number of nitrogens with one attached hydrogen (secondary N) is 2. The monoisotopic (exact) mass is 535 g/mol. The number of aryl methyl sites for hydroxylation is 2. The van der Waals surface area contributed by atoms with Gasteiger partial charge in [-0.05, 0) is 61.9 Å². The number of hydrogen-bond acceptors (Lipinski definition) is 5. The number of rotatable bonds is 8. The molecule has 3 amide bonds. The van der Waals surface area contributed by atoms with Crippen molar-refractivity contribution in [2.45, 2.75) is 69.0 Å². The molecule has 38 heavy (non-hydrogen) atoms. The van der Waals surface area contributed by atoms with Gasteiger partial charge in [0.05, 0.1) is 29.2 Å². The lowest BCUT2D eigenvalue weighted by Crippen LogP contribution is -2.56. The number of amides is 3. The van der Waals surface area contributed by atoms with E-state index < -0.39 is 28.7 Å². The molecule has 8 heteroatoms. The van der Waals surface area contributed by atoms with E-state index in [1.807, 2.05) is 76.2 Å². The number of para-hydroxylation sites is 1. The summed E-state index contributed by atoms with van der Waals surface area (Å²) < 4.78 is -0.705. The zero-order valence-electron chi connectivity index (χ0n) is 22.4. The Kier molecular flexibility index (Phi) is 7.31. The number of carbonyl (C=O) groups is 3. The molecule has 3 N–H and O–H groups in total. The largest absolute Gasteiger partial charge is 0.394 e. The SMILES string of the molecule is CC[C@H](C)[C@H](CO)N1C(=O)[C@@H]2[C@@H](C(=O)Nc3ccccc3)[C@H]3CCC2(S3)C1C(=O)Nc1cc(C)ccc1C. The number of hydrogen-bond donors (Lipinski definition) is 3. The van der Waals surface area contributed by atoms with E-state index in [-0.39, 0.29) is 35.5 Å². The number of aliphatic hydroxyl groups excluding tert-OH is 1. The first kappa shape index (κ1) is 26.8. The van der Waals surface area contributed by atoms with E-state index in [9.17, 15) is 19.5 Å². The predicted molar refractivity (Wildman–Crippen MR) is 151 cm³/mol. The molecule has 7 atom stereocenters. The van der Waals surface area contributed by atoms with Crippen molar-refractivity contribution in [1.29, 1.82) is 0 Å². The predicted octanol–water partition coefficient (Wildman–Crippen LogP) is 4.38. The minimum atomic E-state index is -0.768. The lowest BCUT2D eigenvalue weighted by Gasteiger charge is -2.39. The Morgan fingerprint density at radius 2 is 1.87 bits per heavy atom. The first-order valence-corrected chi connectivity index (χ1v) is 14.4. The molecule has 1 spiro atoms. The van der Waals surface area contributed by atoms with Crippen molar-refractivity contribution >= 4 is 40.9 Å². The first-order valence-electron chi connectivity index (χ1n) is 13.6. The Bertz CT molecular complexity index is 1240. The third-order valence-electron chi connectivity index (χ3n) is 8.83. The number of nitrogens with zero attached hydrogens (tertiary/aromatic N) is 1. The fourth-order valence-corrected chi connectivity index (χ4v) is 8.89. The second-order valence-electron chi connectivity index (χ2n) is 11.1. The van der Waals surface area contributed by atoms with Gasteiger partial charge in [-0.15, -0.1) is 11.8 Å². The highest BCUT2D eigenvalue weighted by Gasteiger charge is 2.74. The number of benzene rings is 2. The van der Waals surface area contributed by atoms with E-state index in [0.717, 1.165) is 29.7 Å². The van der Waals surface area contributed by atoms with Gasteiger partial charge in [0.15, 0.2) is 0 Å². The van der Waals surface area contributed by atoms with Crippen molar-refractivity contribution < 1.29 is 19.5 Å². The summed E-state index contributed by atoms with van der Waals surface area (Å²) in [6.07, 6.45) is 2.22. The van der Waals surface area contributed by atoms with Gasteiger partial charge in [-0.1, -0.05) is 50.6 Å². The molecule has 2 aromatic carbocycles. The van der Waals surface area contributed by atoms with Crippen molar-refractivity contribution in [1.82, 2.24) is 4.90 Å². The molecule has 0 aromatic heterocycles. The average Bonchev–Trinajstić information content (AvgIpc) is 3.55. The summed E-state index contributed by atoms with van der Waals surface area (Å²) >= 11 is 1.64. The molecule has 3 saturated heterocycles. The van der Waals surface area contributed by atoms with Gasteiger partial charge in [-0.2, -0.15) is 0 Å². The molecule has 0 saturated carbocycles. The summed E-state index contributed by atoms with van der Waals surface area (Å²) in [5.41, 5.74) is 3.39. The molecule has 3 heterocycles. The van der Waals surface area contributed by atoms with Crippen LogP contribution in [-0.4, -0.2) is 56.4 Å². The lowest BCUT2D eigenvalue weighted by atomic mass is 9.70. The van der Waals surface area contributed by atoms with Crippen LogP contribution in [0.15, 0.2) is 48.5 Å². The van der Waals surface area contributed by atoms with E-state index in [2.05, 4.69) is 10.6 Å². The standard InChI is InChI=1S/C30H37N3O4S/c1-5-18(3)22(16-34)33-26(28(36)32-21-15-17(2)11-12-19(21)4)30-14-13-23(38-30)24(25(30)29(33)37)27(35)31-20-9-7-6-8-10-20/h6-12,15,18,22-26,34H,5,13-14,16H2,1-4H3,(H,31,35)(H,32,36)/t18-,22-,23+,24-,25-,26?,30?/m0/s1.